The van der Waals surface area contributed by atoms with Crippen LogP contribution in [0.1, 0.15) is 21.6 Å². The first-order valence-corrected chi connectivity index (χ1v) is 2.63. The number of carbonyl (C=O) groups is 1. The quantitative estimate of drug-likeness (QED) is 0.509. The van der Waals surface area contributed by atoms with Crippen LogP contribution in [0.3, 0.4) is 0 Å². The predicted molar refractivity (Wildman–Crippen MR) is 31.5 cm³/mol. The van der Waals surface area contributed by atoms with E-state index in [1.165, 1.54) is 7.11 Å². The van der Waals surface area contributed by atoms with Crippen molar-refractivity contribution >= 4 is 5.97 Å². The van der Waals surface area contributed by atoms with Crippen molar-refractivity contribution in [3.05, 3.63) is 0 Å². The zero-order valence-corrected chi connectivity index (χ0v) is 5.52. The van der Waals surface area contributed by atoms with Gasteiger partial charge in [0, 0.05) is 1.37 Å². The monoisotopic (exact) mass is 118 g/mol. The molecule has 2 nitrogen and oxygen atoms in total. The standard InChI is InChI=1S/C6H12O2/c1-4-5(2)6(7)8-3/h5H,4H2,1-3H3/i5T. The van der Waals surface area contributed by atoms with Crippen molar-refractivity contribution in [1.82, 2.24) is 0 Å². The molecule has 8 heavy (non-hydrogen) atoms. The molecule has 0 aliphatic carbocycles. The SMILES string of the molecule is [3H]C(C)(CC)C(=O)OC. The van der Waals surface area contributed by atoms with Gasteiger partial charge in [-0.3, -0.25) is 4.79 Å². The maximum atomic E-state index is 10.7. The average molecular weight is 118 g/mol. The molecule has 0 saturated carbocycles. The normalized spacial score (nSPS) is 18.6. The van der Waals surface area contributed by atoms with E-state index in [-0.39, 0.29) is 0 Å². The van der Waals surface area contributed by atoms with Gasteiger partial charge in [-0.2, -0.15) is 0 Å². The molecular weight excluding hydrogens is 104 g/mol. The van der Waals surface area contributed by atoms with Gasteiger partial charge in [0.25, 0.3) is 0 Å². The van der Waals surface area contributed by atoms with E-state index >= 15 is 0 Å². The molecule has 0 bridgehead atoms. The van der Waals surface area contributed by atoms with Gasteiger partial charge in [0.1, 0.15) is 0 Å². The van der Waals surface area contributed by atoms with Crippen molar-refractivity contribution in [2.75, 3.05) is 7.11 Å². The Hall–Kier alpha value is -0.530. The van der Waals surface area contributed by atoms with Crippen LogP contribution >= 0.6 is 0 Å². The van der Waals surface area contributed by atoms with Gasteiger partial charge in [-0.1, -0.05) is 13.8 Å². The Morgan fingerprint density at radius 1 is 2.00 bits per heavy atom. The zero-order chi connectivity index (χ0) is 7.49. The molecule has 0 aliphatic rings. The van der Waals surface area contributed by atoms with Gasteiger partial charge in [0.05, 0.1) is 13.0 Å². The minimum Gasteiger partial charge on any atom is -0.469 e. The van der Waals surface area contributed by atoms with Crippen molar-refractivity contribution in [1.29, 1.82) is 0 Å². The fourth-order valence-corrected chi connectivity index (χ4v) is 0.319. The van der Waals surface area contributed by atoms with Crippen LogP contribution in [0, 0.1) is 5.89 Å². The van der Waals surface area contributed by atoms with Crippen molar-refractivity contribution in [3.8, 4) is 0 Å². The summed E-state index contributed by atoms with van der Waals surface area (Å²) in [6.07, 6.45) is 0.486. The molecule has 0 amide bonds. The van der Waals surface area contributed by atoms with E-state index in [2.05, 4.69) is 4.74 Å². The number of hydrogen-bond donors (Lipinski definition) is 0. The Balaban J connectivity index is 3.97. The van der Waals surface area contributed by atoms with Crippen LogP contribution in [-0.4, -0.2) is 13.1 Å². The minimum absolute atomic E-state index is 0.468. The second kappa shape index (κ2) is 3.47. The van der Waals surface area contributed by atoms with Crippen molar-refractivity contribution in [3.63, 3.8) is 0 Å². The fraction of sp³-hybridized carbons (Fsp3) is 0.833. The van der Waals surface area contributed by atoms with Crippen LogP contribution in [0.2, 0.25) is 0 Å². The molecule has 0 rings (SSSR count). The Bertz CT molecular complexity index is 110. The number of rotatable bonds is 2. The van der Waals surface area contributed by atoms with E-state index in [4.69, 9.17) is 1.37 Å². The van der Waals surface area contributed by atoms with E-state index in [0.717, 1.165) is 0 Å². The van der Waals surface area contributed by atoms with Gasteiger partial charge >= 0.3 is 5.97 Å². The Kier molecular flexibility index (Phi) is 2.43. The van der Waals surface area contributed by atoms with E-state index in [0.29, 0.717) is 6.42 Å². The maximum absolute atomic E-state index is 10.7. The molecule has 0 N–H and O–H groups in total. The van der Waals surface area contributed by atoms with E-state index < -0.39 is 11.9 Å². The second-order valence-electron chi connectivity index (χ2n) is 1.63. The third-order valence-electron chi connectivity index (χ3n) is 1.06. The smallest absolute Gasteiger partial charge is 0.308 e. The van der Waals surface area contributed by atoms with Crippen LogP contribution in [-0.2, 0) is 9.53 Å². The van der Waals surface area contributed by atoms with E-state index in [1.807, 2.05) is 0 Å². The molecule has 0 aliphatic heterocycles. The summed E-state index contributed by atoms with van der Waals surface area (Å²) in [5.74, 6) is -1.53. The van der Waals surface area contributed by atoms with Crippen molar-refractivity contribution in [2.24, 2.45) is 5.89 Å². The van der Waals surface area contributed by atoms with Gasteiger partial charge < -0.3 is 4.74 Å². The molecule has 1 atom stereocenters. The Morgan fingerprint density at radius 2 is 2.50 bits per heavy atom. The lowest BCUT2D eigenvalue weighted by molar-refractivity contribution is -0.144. The summed E-state index contributed by atoms with van der Waals surface area (Å²) in [7, 11) is 1.30. The number of esters is 1. The van der Waals surface area contributed by atoms with Crippen LogP contribution in [0.15, 0.2) is 0 Å². The van der Waals surface area contributed by atoms with Gasteiger partial charge in [-0.15, -0.1) is 0 Å². The van der Waals surface area contributed by atoms with Crippen LogP contribution in [0.5, 0.6) is 0 Å². The van der Waals surface area contributed by atoms with Crippen molar-refractivity contribution < 1.29 is 10.9 Å². The van der Waals surface area contributed by atoms with Gasteiger partial charge in [0.15, 0.2) is 0 Å². The highest BCUT2D eigenvalue weighted by atomic mass is 16.5. The number of hydrogen-bond acceptors (Lipinski definition) is 2. The second-order valence-corrected chi connectivity index (χ2v) is 1.63. The lowest BCUT2D eigenvalue weighted by Gasteiger charge is -2.02. The number of methoxy groups -OCH3 is 1. The van der Waals surface area contributed by atoms with Crippen LogP contribution < -0.4 is 0 Å². The Labute approximate surface area is 51.2 Å². The summed E-state index contributed by atoms with van der Waals surface area (Å²) < 4.78 is 11.7. The first kappa shape index (κ1) is 5.60. The molecule has 0 fully saturated rings. The molecule has 0 radical (unpaired) electrons. The van der Waals surface area contributed by atoms with Gasteiger partial charge in [0.2, 0.25) is 0 Å². The molecule has 0 aromatic rings. The summed E-state index contributed by atoms with van der Waals surface area (Å²) in [6, 6.07) is 0. The topological polar surface area (TPSA) is 26.3 Å². The van der Waals surface area contributed by atoms with E-state index in [9.17, 15) is 4.79 Å². The predicted octanol–water partition coefficient (Wildman–Crippen LogP) is 1.21. The molecular formula is C6H12O2. The molecule has 0 saturated heterocycles. The number of carbonyl (C=O) groups excluding carboxylic acids is 1. The van der Waals surface area contributed by atoms with Crippen LogP contribution in [0.25, 0.3) is 0 Å². The maximum Gasteiger partial charge on any atom is 0.308 e. The first-order valence-electron chi connectivity index (χ1n) is 3.13. The molecule has 48 valence electrons. The molecule has 0 spiro atoms. The molecule has 0 aromatic carbocycles. The third-order valence-corrected chi connectivity index (χ3v) is 1.06. The third kappa shape index (κ3) is 1.96. The summed E-state index contributed by atoms with van der Waals surface area (Å²) in [6.45, 7) is 3.32. The minimum atomic E-state index is -1.06. The highest BCUT2D eigenvalue weighted by Gasteiger charge is 2.08. The molecule has 2 heteroatoms. The highest BCUT2D eigenvalue weighted by Crippen LogP contribution is 2.00. The Morgan fingerprint density at radius 3 is 2.62 bits per heavy atom. The lowest BCUT2D eigenvalue weighted by atomic mass is 10.1. The summed E-state index contributed by atoms with van der Waals surface area (Å²) in [5.41, 5.74) is 0. The number of ether oxygens (including phenoxy) is 1. The fourth-order valence-electron chi connectivity index (χ4n) is 0.319. The lowest BCUT2D eigenvalue weighted by Crippen LogP contribution is -2.10. The van der Waals surface area contributed by atoms with Gasteiger partial charge in [-0.05, 0) is 6.42 Å². The molecule has 0 aromatic heterocycles. The largest absolute Gasteiger partial charge is 0.469 e. The van der Waals surface area contributed by atoms with Crippen molar-refractivity contribution in [2.45, 2.75) is 20.3 Å². The zero-order valence-electron chi connectivity index (χ0n) is 6.52. The molecule has 0 heterocycles. The first-order chi connectivity index (χ1) is 4.04. The average Bonchev–Trinajstić information content (AvgIpc) is 1.86. The van der Waals surface area contributed by atoms with E-state index in [1.54, 1.807) is 13.8 Å². The summed E-state index contributed by atoms with van der Waals surface area (Å²) >= 11 is 0. The molecule has 1 unspecified atom stereocenters. The summed E-state index contributed by atoms with van der Waals surface area (Å²) in [5, 5.41) is 0. The summed E-state index contributed by atoms with van der Waals surface area (Å²) in [4.78, 5) is 10.7. The highest BCUT2D eigenvalue weighted by molar-refractivity contribution is 5.71. The van der Waals surface area contributed by atoms with Crippen LogP contribution in [0.4, 0.5) is 0 Å². The van der Waals surface area contributed by atoms with Gasteiger partial charge in [-0.25, -0.2) is 0 Å².